The van der Waals surface area contributed by atoms with Gasteiger partial charge < -0.3 is 5.32 Å². The zero-order chi connectivity index (χ0) is 11.4. The zero-order valence-corrected chi connectivity index (χ0v) is 10.3. The molecular formula is C12H15N3S. The van der Waals surface area contributed by atoms with Gasteiger partial charge in [0, 0.05) is 11.1 Å². The van der Waals surface area contributed by atoms with Gasteiger partial charge in [-0.05, 0) is 36.5 Å². The summed E-state index contributed by atoms with van der Waals surface area (Å²) in [4.78, 5) is 9.62. The molecule has 0 aliphatic rings. The van der Waals surface area contributed by atoms with E-state index in [0.29, 0.717) is 0 Å². The largest absolute Gasteiger partial charge is 0.305 e. The monoisotopic (exact) mass is 233 g/mol. The Morgan fingerprint density at radius 3 is 2.88 bits per heavy atom. The summed E-state index contributed by atoms with van der Waals surface area (Å²) in [5.41, 5.74) is 2.34. The number of aromatic nitrogens is 2. The van der Waals surface area contributed by atoms with Crippen molar-refractivity contribution in [3.63, 3.8) is 0 Å². The third-order valence-electron chi connectivity index (χ3n) is 2.52. The molecule has 1 atom stereocenters. The fourth-order valence-corrected chi connectivity index (χ4v) is 2.48. The van der Waals surface area contributed by atoms with Crippen molar-refractivity contribution in [1.82, 2.24) is 15.3 Å². The van der Waals surface area contributed by atoms with Gasteiger partial charge in [-0.25, -0.2) is 9.97 Å². The maximum atomic E-state index is 4.33. The van der Waals surface area contributed by atoms with Crippen molar-refractivity contribution >= 4 is 11.3 Å². The molecule has 1 N–H and O–H groups in total. The first-order valence-electron chi connectivity index (χ1n) is 5.36. The van der Waals surface area contributed by atoms with Crippen molar-refractivity contribution in [2.45, 2.75) is 19.9 Å². The molecule has 0 aliphatic heterocycles. The van der Waals surface area contributed by atoms with Gasteiger partial charge >= 0.3 is 0 Å². The highest BCUT2D eigenvalue weighted by atomic mass is 32.1. The summed E-state index contributed by atoms with van der Waals surface area (Å²) >= 11 is 1.77. The normalized spacial score (nSPS) is 12.6. The van der Waals surface area contributed by atoms with Crippen LogP contribution in [0.4, 0.5) is 0 Å². The average molecular weight is 233 g/mol. The molecule has 2 heterocycles. The van der Waals surface area contributed by atoms with E-state index in [-0.39, 0.29) is 6.04 Å². The van der Waals surface area contributed by atoms with Gasteiger partial charge in [-0.15, -0.1) is 11.3 Å². The Kier molecular flexibility index (Phi) is 3.64. The lowest BCUT2D eigenvalue weighted by Gasteiger charge is -2.17. The van der Waals surface area contributed by atoms with E-state index in [1.165, 1.54) is 10.4 Å². The Hall–Kier alpha value is -1.26. The van der Waals surface area contributed by atoms with Crippen LogP contribution in [0, 0.1) is 6.92 Å². The van der Waals surface area contributed by atoms with Gasteiger partial charge in [0.05, 0.1) is 11.7 Å². The highest BCUT2D eigenvalue weighted by Crippen LogP contribution is 2.26. The van der Waals surface area contributed by atoms with Crippen molar-refractivity contribution in [3.05, 3.63) is 46.2 Å². The third-order valence-corrected chi connectivity index (χ3v) is 3.38. The highest BCUT2D eigenvalue weighted by Gasteiger charge is 2.16. The Labute approximate surface area is 99.6 Å². The molecule has 16 heavy (non-hydrogen) atoms. The van der Waals surface area contributed by atoms with Crippen LogP contribution in [0.5, 0.6) is 0 Å². The van der Waals surface area contributed by atoms with E-state index in [2.05, 4.69) is 40.6 Å². The predicted molar refractivity (Wildman–Crippen MR) is 66.6 cm³/mol. The molecule has 0 saturated carbocycles. The number of rotatable bonds is 4. The fourth-order valence-electron chi connectivity index (χ4n) is 1.74. The lowest BCUT2D eigenvalue weighted by Crippen LogP contribution is -2.23. The third kappa shape index (κ3) is 2.28. The second-order valence-corrected chi connectivity index (χ2v) is 4.68. The minimum Gasteiger partial charge on any atom is -0.305 e. The van der Waals surface area contributed by atoms with Gasteiger partial charge in [0.15, 0.2) is 0 Å². The van der Waals surface area contributed by atoms with Crippen LogP contribution in [-0.2, 0) is 0 Å². The van der Waals surface area contributed by atoms with E-state index in [4.69, 9.17) is 0 Å². The highest BCUT2D eigenvalue weighted by molar-refractivity contribution is 7.10. The molecule has 4 heteroatoms. The first kappa shape index (κ1) is 11.2. The summed E-state index contributed by atoms with van der Waals surface area (Å²) in [6, 6.07) is 4.30. The molecule has 2 rings (SSSR count). The van der Waals surface area contributed by atoms with E-state index >= 15 is 0 Å². The quantitative estimate of drug-likeness (QED) is 0.882. The molecule has 2 aromatic heterocycles. The molecule has 0 fully saturated rings. The van der Waals surface area contributed by atoms with Crippen molar-refractivity contribution in [1.29, 1.82) is 0 Å². The van der Waals surface area contributed by atoms with Crippen LogP contribution >= 0.6 is 11.3 Å². The molecular weight excluding hydrogens is 218 g/mol. The summed E-state index contributed by atoms with van der Waals surface area (Å²) in [7, 11) is 0. The molecule has 0 bridgehead atoms. The molecule has 84 valence electrons. The van der Waals surface area contributed by atoms with Crippen molar-refractivity contribution in [3.8, 4) is 0 Å². The summed E-state index contributed by atoms with van der Waals surface area (Å²) in [5.74, 6) is 0. The minimum absolute atomic E-state index is 0.180. The molecule has 2 aromatic rings. The van der Waals surface area contributed by atoms with Crippen LogP contribution in [0.3, 0.4) is 0 Å². The Bertz CT molecular complexity index is 439. The van der Waals surface area contributed by atoms with Crippen molar-refractivity contribution in [2.75, 3.05) is 6.54 Å². The second-order valence-electron chi connectivity index (χ2n) is 3.56. The molecule has 0 aliphatic carbocycles. The van der Waals surface area contributed by atoms with Gasteiger partial charge in [-0.1, -0.05) is 6.92 Å². The smallest absolute Gasteiger partial charge is 0.115 e. The summed E-state index contributed by atoms with van der Waals surface area (Å²) in [6.45, 7) is 5.17. The van der Waals surface area contributed by atoms with Crippen molar-refractivity contribution in [2.24, 2.45) is 0 Å². The van der Waals surface area contributed by atoms with Gasteiger partial charge in [0.2, 0.25) is 0 Å². The summed E-state index contributed by atoms with van der Waals surface area (Å²) in [5, 5.41) is 5.58. The maximum absolute atomic E-state index is 4.33. The number of hydrogen-bond acceptors (Lipinski definition) is 4. The van der Waals surface area contributed by atoms with E-state index in [1.807, 2.05) is 6.07 Å². The Morgan fingerprint density at radius 2 is 2.31 bits per heavy atom. The number of hydrogen-bond donors (Lipinski definition) is 1. The predicted octanol–water partition coefficient (Wildman–Crippen LogP) is 2.55. The van der Waals surface area contributed by atoms with Crippen LogP contribution in [0.2, 0.25) is 0 Å². The van der Waals surface area contributed by atoms with Crippen LogP contribution in [0.15, 0.2) is 30.0 Å². The van der Waals surface area contributed by atoms with E-state index in [1.54, 1.807) is 23.9 Å². The SMILES string of the molecule is CCNC(c1ccncn1)c1ccsc1C. The van der Waals surface area contributed by atoms with Crippen LogP contribution < -0.4 is 5.32 Å². The standard InChI is InChI=1S/C12H15N3S/c1-3-14-12(10-5-7-16-9(10)2)11-4-6-13-8-15-11/h4-8,12,14H,3H2,1-2H3. The van der Waals surface area contributed by atoms with Gasteiger partial charge in [0.25, 0.3) is 0 Å². The molecule has 3 nitrogen and oxygen atoms in total. The molecule has 0 saturated heterocycles. The lowest BCUT2D eigenvalue weighted by molar-refractivity contribution is 0.613. The molecule has 1 unspecified atom stereocenters. The first-order chi connectivity index (χ1) is 7.83. The molecule has 0 spiro atoms. The topological polar surface area (TPSA) is 37.8 Å². The van der Waals surface area contributed by atoms with E-state index < -0.39 is 0 Å². The minimum atomic E-state index is 0.180. The fraction of sp³-hybridized carbons (Fsp3) is 0.333. The summed E-state index contributed by atoms with van der Waals surface area (Å²) in [6.07, 6.45) is 3.38. The van der Waals surface area contributed by atoms with E-state index in [9.17, 15) is 0 Å². The average Bonchev–Trinajstić information content (AvgIpc) is 2.73. The number of aryl methyl sites for hydroxylation is 1. The van der Waals surface area contributed by atoms with Crippen LogP contribution in [0.1, 0.15) is 29.1 Å². The number of nitrogens with one attached hydrogen (secondary N) is 1. The van der Waals surface area contributed by atoms with Crippen LogP contribution in [0.25, 0.3) is 0 Å². The molecule has 0 aromatic carbocycles. The van der Waals surface area contributed by atoms with Crippen LogP contribution in [-0.4, -0.2) is 16.5 Å². The first-order valence-corrected chi connectivity index (χ1v) is 6.24. The lowest BCUT2D eigenvalue weighted by atomic mass is 10.0. The Morgan fingerprint density at radius 1 is 1.44 bits per heavy atom. The van der Waals surface area contributed by atoms with Gasteiger partial charge in [-0.2, -0.15) is 0 Å². The number of thiophene rings is 1. The van der Waals surface area contributed by atoms with Gasteiger partial charge in [0.1, 0.15) is 6.33 Å². The molecule has 0 radical (unpaired) electrons. The molecule has 0 amide bonds. The zero-order valence-electron chi connectivity index (χ0n) is 9.47. The second kappa shape index (κ2) is 5.18. The Balaban J connectivity index is 2.35. The van der Waals surface area contributed by atoms with Crippen molar-refractivity contribution < 1.29 is 0 Å². The maximum Gasteiger partial charge on any atom is 0.115 e. The van der Waals surface area contributed by atoms with E-state index in [0.717, 1.165) is 12.2 Å². The summed E-state index contributed by atoms with van der Waals surface area (Å²) < 4.78 is 0. The van der Waals surface area contributed by atoms with Gasteiger partial charge in [-0.3, -0.25) is 0 Å². The number of nitrogens with zero attached hydrogens (tertiary/aromatic N) is 2.